The maximum atomic E-state index is 11.4. The van der Waals surface area contributed by atoms with E-state index in [1.807, 2.05) is 0 Å². The van der Waals surface area contributed by atoms with Crippen LogP contribution in [-0.2, 0) is 4.79 Å². The molecule has 0 saturated carbocycles. The third-order valence-corrected chi connectivity index (χ3v) is 3.24. The number of nitrogens with zero attached hydrogens (tertiary/aromatic N) is 1. The maximum absolute atomic E-state index is 11.4. The molecular formula is C13H26N2O. The molecule has 1 amide bonds. The SMILES string of the molecule is CC(C)CCN1CCNC(=O)CC(C)CC1. The zero-order valence-electron chi connectivity index (χ0n) is 11.0. The van der Waals surface area contributed by atoms with Gasteiger partial charge in [-0.25, -0.2) is 0 Å². The lowest BCUT2D eigenvalue weighted by Gasteiger charge is -2.23. The van der Waals surface area contributed by atoms with E-state index in [9.17, 15) is 4.79 Å². The first-order valence-corrected chi connectivity index (χ1v) is 6.57. The molecule has 0 aromatic carbocycles. The van der Waals surface area contributed by atoms with Crippen molar-refractivity contribution in [3.63, 3.8) is 0 Å². The van der Waals surface area contributed by atoms with E-state index in [-0.39, 0.29) is 5.91 Å². The highest BCUT2D eigenvalue weighted by molar-refractivity contribution is 5.76. The highest BCUT2D eigenvalue weighted by atomic mass is 16.1. The fourth-order valence-electron chi connectivity index (χ4n) is 2.02. The fraction of sp³-hybridized carbons (Fsp3) is 0.923. The molecule has 1 N–H and O–H groups in total. The van der Waals surface area contributed by atoms with Gasteiger partial charge in [0.05, 0.1) is 0 Å². The van der Waals surface area contributed by atoms with Crippen LogP contribution >= 0.6 is 0 Å². The summed E-state index contributed by atoms with van der Waals surface area (Å²) >= 11 is 0. The number of nitrogens with one attached hydrogen (secondary N) is 1. The predicted octanol–water partition coefficient (Wildman–Crippen LogP) is 1.88. The van der Waals surface area contributed by atoms with E-state index in [0.29, 0.717) is 12.3 Å². The van der Waals surface area contributed by atoms with Crippen LogP contribution in [0.1, 0.15) is 40.0 Å². The molecule has 1 heterocycles. The minimum absolute atomic E-state index is 0.221. The Kier molecular flexibility index (Phi) is 5.81. The zero-order valence-corrected chi connectivity index (χ0v) is 11.0. The average molecular weight is 226 g/mol. The molecule has 3 nitrogen and oxygen atoms in total. The van der Waals surface area contributed by atoms with Gasteiger partial charge in [-0.15, -0.1) is 0 Å². The molecule has 0 aliphatic carbocycles. The summed E-state index contributed by atoms with van der Waals surface area (Å²) in [4.78, 5) is 13.9. The third kappa shape index (κ3) is 5.50. The van der Waals surface area contributed by atoms with E-state index in [1.54, 1.807) is 0 Å². The molecule has 1 aliphatic rings. The maximum Gasteiger partial charge on any atom is 0.220 e. The van der Waals surface area contributed by atoms with Crippen LogP contribution in [0.4, 0.5) is 0 Å². The van der Waals surface area contributed by atoms with Crippen LogP contribution in [0.3, 0.4) is 0 Å². The highest BCUT2D eigenvalue weighted by Gasteiger charge is 2.14. The Morgan fingerprint density at radius 3 is 2.88 bits per heavy atom. The van der Waals surface area contributed by atoms with Crippen molar-refractivity contribution in [3.8, 4) is 0 Å². The van der Waals surface area contributed by atoms with Gasteiger partial charge in [-0.1, -0.05) is 20.8 Å². The second-order valence-electron chi connectivity index (χ2n) is 5.47. The van der Waals surface area contributed by atoms with Gasteiger partial charge in [-0.2, -0.15) is 0 Å². The second-order valence-corrected chi connectivity index (χ2v) is 5.47. The summed E-state index contributed by atoms with van der Waals surface area (Å²) in [5, 5.41) is 2.99. The second kappa shape index (κ2) is 6.89. The van der Waals surface area contributed by atoms with Crippen LogP contribution in [0.25, 0.3) is 0 Å². The molecule has 3 heteroatoms. The first kappa shape index (κ1) is 13.5. The summed E-state index contributed by atoms with van der Waals surface area (Å²) in [6.07, 6.45) is 3.09. The molecule has 94 valence electrons. The number of hydrogen-bond acceptors (Lipinski definition) is 2. The van der Waals surface area contributed by atoms with E-state index in [1.165, 1.54) is 13.0 Å². The molecule has 1 fully saturated rings. The van der Waals surface area contributed by atoms with Crippen molar-refractivity contribution in [2.45, 2.75) is 40.0 Å². The van der Waals surface area contributed by atoms with Crippen LogP contribution in [0, 0.1) is 11.8 Å². The van der Waals surface area contributed by atoms with Gasteiger partial charge in [-0.3, -0.25) is 4.79 Å². The lowest BCUT2D eigenvalue weighted by molar-refractivity contribution is -0.121. The molecule has 1 atom stereocenters. The van der Waals surface area contributed by atoms with Crippen LogP contribution in [0.2, 0.25) is 0 Å². The van der Waals surface area contributed by atoms with Crippen molar-refractivity contribution >= 4 is 5.91 Å². The number of carbonyl (C=O) groups is 1. The molecule has 0 aromatic rings. The van der Waals surface area contributed by atoms with Crippen molar-refractivity contribution in [2.24, 2.45) is 11.8 Å². The largest absolute Gasteiger partial charge is 0.355 e. The van der Waals surface area contributed by atoms with Crippen molar-refractivity contribution in [1.29, 1.82) is 0 Å². The van der Waals surface area contributed by atoms with Gasteiger partial charge >= 0.3 is 0 Å². The van der Waals surface area contributed by atoms with Crippen LogP contribution in [-0.4, -0.2) is 37.0 Å². The van der Waals surface area contributed by atoms with Crippen LogP contribution in [0.5, 0.6) is 0 Å². The summed E-state index contributed by atoms with van der Waals surface area (Å²) in [7, 11) is 0. The molecule has 16 heavy (non-hydrogen) atoms. The van der Waals surface area contributed by atoms with Gasteiger partial charge < -0.3 is 10.2 Å². The van der Waals surface area contributed by atoms with Gasteiger partial charge in [-0.05, 0) is 37.8 Å². The predicted molar refractivity (Wildman–Crippen MR) is 67.3 cm³/mol. The summed E-state index contributed by atoms with van der Waals surface area (Å²) in [6.45, 7) is 10.8. The van der Waals surface area contributed by atoms with Gasteiger partial charge in [0.25, 0.3) is 0 Å². The quantitative estimate of drug-likeness (QED) is 0.797. The lowest BCUT2D eigenvalue weighted by atomic mass is 10.0. The first-order chi connectivity index (χ1) is 7.58. The number of carbonyl (C=O) groups excluding carboxylic acids is 1. The summed E-state index contributed by atoms with van der Waals surface area (Å²) < 4.78 is 0. The van der Waals surface area contributed by atoms with E-state index >= 15 is 0 Å². The molecule has 1 rings (SSSR count). The zero-order chi connectivity index (χ0) is 12.0. The Bertz CT molecular complexity index is 216. The summed E-state index contributed by atoms with van der Waals surface area (Å²) in [5.74, 6) is 1.50. The number of hydrogen-bond donors (Lipinski definition) is 1. The Morgan fingerprint density at radius 1 is 1.44 bits per heavy atom. The lowest BCUT2D eigenvalue weighted by Crippen LogP contribution is -2.34. The first-order valence-electron chi connectivity index (χ1n) is 6.57. The molecule has 1 unspecified atom stereocenters. The Hall–Kier alpha value is -0.570. The number of rotatable bonds is 3. The van der Waals surface area contributed by atoms with Gasteiger partial charge in [0.2, 0.25) is 5.91 Å². The van der Waals surface area contributed by atoms with E-state index in [2.05, 4.69) is 31.0 Å². The highest BCUT2D eigenvalue weighted by Crippen LogP contribution is 2.11. The number of amides is 1. The topological polar surface area (TPSA) is 32.3 Å². The smallest absolute Gasteiger partial charge is 0.220 e. The third-order valence-electron chi connectivity index (χ3n) is 3.24. The van der Waals surface area contributed by atoms with Gasteiger partial charge in [0.1, 0.15) is 0 Å². The minimum Gasteiger partial charge on any atom is -0.355 e. The Labute approximate surface area is 99.6 Å². The Balaban J connectivity index is 2.37. The van der Waals surface area contributed by atoms with Crippen molar-refractivity contribution in [3.05, 3.63) is 0 Å². The van der Waals surface area contributed by atoms with Crippen LogP contribution < -0.4 is 5.32 Å². The molecule has 1 saturated heterocycles. The normalized spacial score (nSPS) is 24.8. The molecule has 0 bridgehead atoms. The standard InChI is InChI=1S/C13H26N2O/c1-11(2)4-7-15-8-5-12(3)10-13(16)14-6-9-15/h11-12H,4-10H2,1-3H3,(H,14,16). The molecule has 0 aromatic heterocycles. The molecular weight excluding hydrogens is 200 g/mol. The van der Waals surface area contributed by atoms with Crippen molar-refractivity contribution < 1.29 is 4.79 Å². The molecule has 1 aliphatic heterocycles. The minimum atomic E-state index is 0.221. The van der Waals surface area contributed by atoms with E-state index < -0.39 is 0 Å². The van der Waals surface area contributed by atoms with Crippen LogP contribution in [0.15, 0.2) is 0 Å². The van der Waals surface area contributed by atoms with E-state index in [0.717, 1.165) is 32.0 Å². The summed E-state index contributed by atoms with van der Waals surface area (Å²) in [5.41, 5.74) is 0. The van der Waals surface area contributed by atoms with E-state index in [4.69, 9.17) is 0 Å². The molecule has 0 radical (unpaired) electrons. The van der Waals surface area contributed by atoms with Crippen molar-refractivity contribution in [1.82, 2.24) is 10.2 Å². The van der Waals surface area contributed by atoms with Gasteiger partial charge in [0.15, 0.2) is 0 Å². The fourth-order valence-corrected chi connectivity index (χ4v) is 2.02. The van der Waals surface area contributed by atoms with Crippen molar-refractivity contribution in [2.75, 3.05) is 26.2 Å². The molecule has 0 spiro atoms. The average Bonchev–Trinajstić information content (AvgIpc) is 2.27. The summed E-state index contributed by atoms with van der Waals surface area (Å²) in [6, 6.07) is 0. The monoisotopic (exact) mass is 226 g/mol. The van der Waals surface area contributed by atoms with Gasteiger partial charge in [0, 0.05) is 19.5 Å². The Morgan fingerprint density at radius 2 is 2.19 bits per heavy atom.